The van der Waals surface area contributed by atoms with Crippen LogP contribution in [-0.2, 0) is 23.6 Å². The highest BCUT2D eigenvalue weighted by Gasteiger charge is 2.19. The zero-order valence-corrected chi connectivity index (χ0v) is 15.5. The fourth-order valence-electron chi connectivity index (χ4n) is 3.10. The first kappa shape index (κ1) is 16.9. The van der Waals surface area contributed by atoms with Gasteiger partial charge in [0.15, 0.2) is 11.5 Å². The van der Waals surface area contributed by atoms with Crippen molar-refractivity contribution in [2.24, 2.45) is 7.05 Å². The number of sulfonamides is 1. The molecule has 1 aliphatic heterocycles. The van der Waals surface area contributed by atoms with E-state index in [0.717, 1.165) is 22.2 Å². The van der Waals surface area contributed by atoms with E-state index in [1.165, 1.54) is 12.1 Å². The zero-order valence-electron chi connectivity index (χ0n) is 14.7. The molecule has 0 bridgehead atoms. The molecule has 0 aliphatic carbocycles. The first-order valence-corrected chi connectivity index (χ1v) is 9.87. The van der Waals surface area contributed by atoms with Crippen molar-refractivity contribution >= 4 is 20.9 Å². The lowest BCUT2D eigenvalue weighted by Crippen LogP contribution is -2.23. The number of fused-ring (bicyclic) bond motifs is 2. The third-order valence-corrected chi connectivity index (χ3v) is 6.04. The third kappa shape index (κ3) is 3.04. The summed E-state index contributed by atoms with van der Waals surface area (Å²) >= 11 is 0. The second-order valence-corrected chi connectivity index (χ2v) is 8.13. The minimum atomic E-state index is -3.64. The number of hydrogen-bond donors (Lipinski definition) is 1. The lowest BCUT2D eigenvalue weighted by Gasteiger charge is -2.19. The monoisotopic (exact) mass is 372 g/mol. The normalized spacial score (nSPS) is 13.9. The topological polar surface area (TPSA) is 69.6 Å². The molecule has 0 saturated carbocycles. The van der Waals surface area contributed by atoms with Crippen LogP contribution in [0, 0.1) is 6.92 Å². The molecule has 0 atom stereocenters. The molecule has 1 aliphatic rings. The molecule has 2 heterocycles. The van der Waals surface area contributed by atoms with Crippen LogP contribution in [0.1, 0.15) is 11.3 Å². The van der Waals surface area contributed by atoms with Crippen molar-refractivity contribution in [3.63, 3.8) is 0 Å². The lowest BCUT2D eigenvalue weighted by molar-refractivity contribution is 0.171. The van der Waals surface area contributed by atoms with Crippen molar-refractivity contribution in [3.05, 3.63) is 53.7 Å². The Morgan fingerprint density at radius 3 is 2.62 bits per heavy atom. The molecular weight excluding hydrogens is 352 g/mol. The average molecular weight is 372 g/mol. The largest absolute Gasteiger partial charge is 0.486 e. The predicted molar refractivity (Wildman–Crippen MR) is 99.1 cm³/mol. The quantitative estimate of drug-likeness (QED) is 0.765. The Kier molecular flexibility index (Phi) is 4.13. The maximum Gasteiger partial charge on any atom is 0.241 e. The van der Waals surface area contributed by atoms with Gasteiger partial charge in [-0.15, -0.1) is 0 Å². The second-order valence-electron chi connectivity index (χ2n) is 6.37. The van der Waals surface area contributed by atoms with Crippen molar-refractivity contribution in [3.8, 4) is 11.5 Å². The molecule has 1 aromatic heterocycles. The van der Waals surface area contributed by atoms with Gasteiger partial charge in [0, 0.05) is 36.3 Å². The molecule has 0 unspecified atom stereocenters. The molecular formula is C19H20N2O4S. The first-order chi connectivity index (χ1) is 12.4. The van der Waals surface area contributed by atoms with Crippen molar-refractivity contribution < 1.29 is 17.9 Å². The molecule has 0 fully saturated rings. The van der Waals surface area contributed by atoms with Crippen molar-refractivity contribution in [2.45, 2.75) is 18.4 Å². The summed E-state index contributed by atoms with van der Waals surface area (Å²) in [4.78, 5) is 0.165. The molecule has 0 saturated heterocycles. The first-order valence-electron chi connectivity index (χ1n) is 8.38. The molecule has 0 amide bonds. The molecule has 136 valence electrons. The number of rotatable bonds is 4. The number of benzene rings is 2. The summed E-state index contributed by atoms with van der Waals surface area (Å²) in [5, 5.41) is 1.10. The van der Waals surface area contributed by atoms with E-state index >= 15 is 0 Å². The highest BCUT2D eigenvalue weighted by Crippen LogP contribution is 2.32. The fraction of sp³-hybridized carbons (Fsp3) is 0.263. The van der Waals surface area contributed by atoms with E-state index in [1.54, 1.807) is 6.07 Å². The van der Waals surface area contributed by atoms with Crippen molar-refractivity contribution in [1.29, 1.82) is 0 Å². The van der Waals surface area contributed by atoms with Crippen LogP contribution in [0.3, 0.4) is 0 Å². The van der Waals surface area contributed by atoms with Gasteiger partial charge in [-0.3, -0.25) is 0 Å². The second kappa shape index (κ2) is 6.34. The molecule has 4 rings (SSSR count). The van der Waals surface area contributed by atoms with Crippen LogP contribution in [0.2, 0.25) is 0 Å². The van der Waals surface area contributed by atoms with Gasteiger partial charge in [0.05, 0.1) is 4.90 Å². The van der Waals surface area contributed by atoms with Gasteiger partial charge in [0.25, 0.3) is 0 Å². The summed E-state index contributed by atoms with van der Waals surface area (Å²) in [7, 11) is -1.62. The Labute approximate surface area is 152 Å². The lowest BCUT2D eigenvalue weighted by atomic mass is 10.1. The van der Waals surface area contributed by atoms with Gasteiger partial charge in [-0.25, -0.2) is 13.1 Å². The van der Waals surface area contributed by atoms with Gasteiger partial charge >= 0.3 is 0 Å². The van der Waals surface area contributed by atoms with Gasteiger partial charge in [0.2, 0.25) is 10.0 Å². The van der Waals surface area contributed by atoms with Crippen LogP contribution in [0.15, 0.2) is 47.4 Å². The van der Waals surface area contributed by atoms with Crippen LogP contribution in [0.4, 0.5) is 0 Å². The van der Waals surface area contributed by atoms with Crippen LogP contribution < -0.4 is 14.2 Å². The highest BCUT2D eigenvalue weighted by atomic mass is 32.2. The minimum absolute atomic E-state index is 0.165. The summed E-state index contributed by atoms with van der Waals surface area (Å²) in [5.41, 5.74) is 3.19. The van der Waals surface area contributed by atoms with Gasteiger partial charge < -0.3 is 14.0 Å². The van der Waals surface area contributed by atoms with E-state index in [9.17, 15) is 8.42 Å². The van der Waals surface area contributed by atoms with Crippen LogP contribution in [0.25, 0.3) is 10.9 Å². The van der Waals surface area contributed by atoms with Crippen LogP contribution >= 0.6 is 0 Å². The fourth-order valence-corrected chi connectivity index (χ4v) is 4.13. The summed E-state index contributed by atoms with van der Waals surface area (Å²) < 4.78 is 40.9. The Hall–Kier alpha value is -2.51. The van der Waals surface area contributed by atoms with E-state index in [4.69, 9.17) is 9.47 Å². The van der Waals surface area contributed by atoms with Crippen molar-refractivity contribution in [1.82, 2.24) is 9.29 Å². The number of nitrogens with zero attached hydrogens (tertiary/aromatic N) is 1. The highest BCUT2D eigenvalue weighted by molar-refractivity contribution is 7.89. The van der Waals surface area contributed by atoms with E-state index in [0.29, 0.717) is 24.7 Å². The summed E-state index contributed by atoms with van der Waals surface area (Å²) in [5.74, 6) is 1.03. The van der Waals surface area contributed by atoms with Crippen LogP contribution in [-0.4, -0.2) is 26.2 Å². The number of ether oxygens (including phenoxy) is 2. The van der Waals surface area contributed by atoms with Crippen molar-refractivity contribution in [2.75, 3.05) is 13.2 Å². The number of aryl methyl sites for hydroxylation is 2. The van der Waals surface area contributed by atoms with Crippen LogP contribution in [0.5, 0.6) is 11.5 Å². The van der Waals surface area contributed by atoms with Gasteiger partial charge in [-0.1, -0.05) is 6.07 Å². The summed E-state index contributed by atoms with van der Waals surface area (Å²) in [6, 6.07) is 12.7. The molecule has 6 nitrogen and oxygen atoms in total. The standard InChI is InChI=1S/C19H20N2O4S/c1-13-9-15-10-14(3-5-17(15)21(13)2)12-20-26(22,23)16-4-6-18-19(11-16)25-8-7-24-18/h3-6,9-11,20H,7-8,12H2,1-2H3. The molecule has 7 heteroatoms. The SMILES string of the molecule is Cc1cc2cc(CNS(=O)(=O)c3ccc4c(c3)OCCO4)ccc2n1C. The zero-order chi connectivity index (χ0) is 18.3. The summed E-state index contributed by atoms with van der Waals surface area (Å²) in [6.45, 7) is 3.16. The van der Waals surface area contributed by atoms with Gasteiger partial charge in [-0.05, 0) is 42.8 Å². The molecule has 3 aromatic rings. The van der Waals surface area contributed by atoms with Gasteiger partial charge in [0.1, 0.15) is 13.2 Å². The molecule has 1 N–H and O–H groups in total. The maximum absolute atomic E-state index is 12.6. The Balaban J connectivity index is 1.55. The van der Waals surface area contributed by atoms with E-state index < -0.39 is 10.0 Å². The number of nitrogens with one attached hydrogen (secondary N) is 1. The Morgan fingerprint density at radius 1 is 1.04 bits per heavy atom. The van der Waals surface area contributed by atoms with E-state index in [1.807, 2.05) is 32.2 Å². The molecule has 0 spiro atoms. The summed E-state index contributed by atoms with van der Waals surface area (Å²) in [6.07, 6.45) is 0. The Morgan fingerprint density at radius 2 is 1.81 bits per heavy atom. The third-order valence-electron chi connectivity index (χ3n) is 4.64. The molecule has 2 aromatic carbocycles. The van der Waals surface area contributed by atoms with Gasteiger partial charge in [-0.2, -0.15) is 0 Å². The molecule has 26 heavy (non-hydrogen) atoms. The average Bonchev–Trinajstić information content (AvgIpc) is 2.93. The van der Waals surface area contributed by atoms with E-state index in [-0.39, 0.29) is 11.4 Å². The van der Waals surface area contributed by atoms with E-state index in [2.05, 4.69) is 15.4 Å². The smallest absolute Gasteiger partial charge is 0.241 e. The maximum atomic E-state index is 12.6. The number of aromatic nitrogens is 1. The minimum Gasteiger partial charge on any atom is -0.486 e. The Bertz CT molecular complexity index is 1090. The number of hydrogen-bond acceptors (Lipinski definition) is 4. The molecule has 0 radical (unpaired) electrons. The predicted octanol–water partition coefficient (Wildman–Crippen LogP) is 2.74.